The lowest BCUT2D eigenvalue weighted by molar-refractivity contribution is 0.0219. The van der Waals surface area contributed by atoms with E-state index in [1.54, 1.807) is 0 Å². The highest BCUT2D eigenvalue weighted by atomic mass is 16.7. The fraction of sp³-hybridized carbons (Fsp3) is 0.857. The van der Waals surface area contributed by atoms with Crippen LogP contribution in [0.5, 0.6) is 0 Å². The number of rotatable bonds is 10. The van der Waals surface area contributed by atoms with Gasteiger partial charge in [-0.15, -0.1) is 0 Å². The Labute approximate surface area is 160 Å². The van der Waals surface area contributed by atoms with Crippen LogP contribution in [0.4, 0.5) is 4.79 Å². The lowest BCUT2D eigenvalue weighted by atomic mass is 9.88. The van der Waals surface area contributed by atoms with Crippen LogP contribution < -0.4 is 10.6 Å². The van der Waals surface area contributed by atoms with E-state index in [0.717, 1.165) is 18.7 Å². The van der Waals surface area contributed by atoms with Crippen LogP contribution in [-0.4, -0.2) is 30.9 Å². The summed E-state index contributed by atoms with van der Waals surface area (Å²) < 4.78 is 10.6. The summed E-state index contributed by atoms with van der Waals surface area (Å²) in [7, 11) is 0. The van der Waals surface area contributed by atoms with Gasteiger partial charge < -0.3 is 20.1 Å². The SMILES string of the molecule is C=C(NC(C)C(C)(C)C)N[C@H](COC(=O)OC(C)CC)CC1CCCC1. The third-order valence-corrected chi connectivity index (χ3v) is 5.44. The Hall–Kier alpha value is -1.39. The van der Waals surface area contributed by atoms with Crippen LogP contribution in [0.15, 0.2) is 12.4 Å². The predicted molar refractivity (Wildman–Crippen MR) is 107 cm³/mol. The highest BCUT2D eigenvalue weighted by Gasteiger charge is 2.24. The van der Waals surface area contributed by atoms with E-state index in [1.807, 2.05) is 13.8 Å². The normalized spacial score (nSPS) is 18.7. The molecule has 5 nitrogen and oxygen atoms in total. The summed E-state index contributed by atoms with van der Waals surface area (Å²) >= 11 is 0. The number of carbonyl (C=O) groups is 1. The summed E-state index contributed by atoms with van der Waals surface area (Å²) in [5.41, 5.74) is 0.141. The molecule has 1 fully saturated rings. The molecule has 1 aliphatic rings. The summed E-state index contributed by atoms with van der Waals surface area (Å²) in [6.45, 7) is 17.0. The Bertz CT molecular complexity index is 439. The first-order valence-electron chi connectivity index (χ1n) is 10.2. The summed E-state index contributed by atoms with van der Waals surface area (Å²) in [6.07, 6.45) is 6.18. The Morgan fingerprint density at radius 2 is 1.81 bits per heavy atom. The summed E-state index contributed by atoms with van der Waals surface area (Å²) in [5.74, 6) is 1.48. The van der Waals surface area contributed by atoms with Crippen LogP contribution in [0, 0.1) is 11.3 Å². The van der Waals surface area contributed by atoms with Crippen molar-refractivity contribution in [1.29, 1.82) is 0 Å². The Kier molecular flexibility index (Phi) is 9.31. The molecule has 0 spiro atoms. The maximum absolute atomic E-state index is 11.8. The summed E-state index contributed by atoms with van der Waals surface area (Å²) in [5, 5.41) is 6.86. The quantitative estimate of drug-likeness (QED) is 0.533. The molecule has 0 aliphatic heterocycles. The minimum absolute atomic E-state index is 0.0507. The smallest absolute Gasteiger partial charge is 0.432 e. The van der Waals surface area contributed by atoms with Gasteiger partial charge in [-0.2, -0.15) is 0 Å². The molecular formula is C21H40N2O3. The minimum atomic E-state index is -0.584. The van der Waals surface area contributed by atoms with E-state index in [9.17, 15) is 4.79 Å². The van der Waals surface area contributed by atoms with Crippen molar-refractivity contribution in [3.05, 3.63) is 12.4 Å². The fourth-order valence-corrected chi connectivity index (χ4v) is 3.03. The van der Waals surface area contributed by atoms with Crippen LogP contribution in [0.3, 0.4) is 0 Å². The second-order valence-corrected chi connectivity index (χ2v) is 8.84. The highest BCUT2D eigenvalue weighted by molar-refractivity contribution is 5.60. The number of ether oxygens (including phenoxy) is 2. The van der Waals surface area contributed by atoms with Gasteiger partial charge in [-0.3, -0.25) is 0 Å². The van der Waals surface area contributed by atoms with Gasteiger partial charge in [0, 0.05) is 6.04 Å². The molecule has 2 N–H and O–H groups in total. The van der Waals surface area contributed by atoms with Crippen molar-refractivity contribution in [2.75, 3.05) is 6.61 Å². The average molecular weight is 369 g/mol. The van der Waals surface area contributed by atoms with E-state index < -0.39 is 6.16 Å². The number of hydrogen-bond donors (Lipinski definition) is 2. The minimum Gasteiger partial charge on any atom is -0.432 e. The maximum Gasteiger partial charge on any atom is 0.508 e. The molecule has 152 valence electrons. The van der Waals surface area contributed by atoms with E-state index in [1.165, 1.54) is 25.7 Å². The standard InChI is InChI=1S/C21H40N2O3/c1-8-15(2)26-20(24)25-14-19(13-18-11-9-10-12-18)23-17(4)22-16(3)21(5,6)7/h15-16,18-19,22-23H,4,8-14H2,1-3,5-7H3/t15?,16?,19-/m0/s1. The van der Waals surface area contributed by atoms with Crippen LogP contribution in [0.1, 0.15) is 80.1 Å². The van der Waals surface area contributed by atoms with Gasteiger partial charge >= 0.3 is 6.16 Å². The highest BCUT2D eigenvalue weighted by Crippen LogP contribution is 2.29. The van der Waals surface area contributed by atoms with Crippen molar-refractivity contribution in [3.8, 4) is 0 Å². The molecule has 3 atom stereocenters. The zero-order chi connectivity index (χ0) is 19.7. The molecule has 0 saturated heterocycles. The molecule has 1 saturated carbocycles. The zero-order valence-corrected chi connectivity index (χ0v) is 17.7. The van der Waals surface area contributed by atoms with E-state index in [4.69, 9.17) is 9.47 Å². The fourth-order valence-electron chi connectivity index (χ4n) is 3.03. The van der Waals surface area contributed by atoms with Gasteiger partial charge in [0.2, 0.25) is 0 Å². The topological polar surface area (TPSA) is 59.6 Å². The number of hydrogen-bond acceptors (Lipinski definition) is 5. The van der Waals surface area contributed by atoms with Gasteiger partial charge in [0.05, 0.1) is 11.9 Å². The number of carbonyl (C=O) groups excluding carboxylic acids is 1. The van der Waals surface area contributed by atoms with Gasteiger partial charge in [0.25, 0.3) is 0 Å². The Balaban J connectivity index is 2.54. The molecule has 2 unspecified atom stereocenters. The van der Waals surface area contributed by atoms with Crippen molar-refractivity contribution in [1.82, 2.24) is 10.6 Å². The molecule has 0 heterocycles. The molecule has 0 aromatic heterocycles. The molecule has 5 heteroatoms. The Morgan fingerprint density at radius 1 is 1.19 bits per heavy atom. The summed E-state index contributed by atoms with van der Waals surface area (Å²) in [4.78, 5) is 11.8. The van der Waals surface area contributed by atoms with Gasteiger partial charge in [-0.1, -0.05) is 60.0 Å². The van der Waals surface area contributed by atoms with E-state index in [0.29, 0.717) is 12.5 Å². The van der Waals surface area contributed by atoms with Gasteiger partial charge in [0.15, 0.2) is 0 Å². The lowest BCUT2D eigenvalue weighted by Gasteiger charge is -2.32. The van der Waals surface area contributed by atoms with E-state index >= 15 is 0 Å². The third kappa shape index (κ3) is 8.81. The first kappa shape index (κ1) is 22.7. The second kappa shape index (κ2) is 10.7. The first-order chi connectivity index (χ1) is 12.1. The van der Waals surface area contributed by atoms with Crippen LogP contribution in [0.2, 0.25) is 0 Å². The molecule has 26 heavy (non-hydrogen) atoms. The van der Waals surface area contributed by atoms with Crippen LogP contribution >= 0.6 is 0 Å². The largest absolute Gasteiger partial charge is 0.508 e. The zero-order valence-electron chi connectivity index (χ0n) is 17.7. The van der Waals surface area contributed by atoms with Crippen molar-refractivity contribution < 1.29 is 14.3 Å². The first-order valence-corrected chi connectivity index (χ1v) is 10.2. The van der Waals surface area contributed by atoms with E-state index in [2.05, 4.69) is 44.9 Å². The molecule has 0 aromatic carbocycles. The van der Waals surface area contributed by atoms with Crippen LogP contribution in [-0.2, 0) is 9.47 Å². The monoisotopic (exact) mass is 368 g/mol. The molecule has 0 aromatic rings. The van der Waals surface area contributed by atoms with Crippen molar-refractivity contribution in [3.63, 3.8) is 0 Å². The molecular weight excluding hydrogens is 328 g/mol. The third-order valence-electron chi connectivity index (χ3n) is 5.44. The molecule has 1 rings (SSSR count). The molecule has 0 amide bonds. The second-order valence-electron chi connectivity index (χ2n) is 8.84. The lowest BCUT2D eigenvalue weighted by Crippen LogP contribution is -2.45. The Morgan fingerprint density at radius 3 is 2.35 bits per heavy atom. The maximum atomic E-state index is 11.8. The molecule has 0 bridgehead atoms. The predicted octanol–water partition coefficient (Wildman–Crippen LogP) is 4.97. The molecule has 0 radical (unpaired) electrons. The van der Waals surface area contributed by atoms with Gasteiger partial charge in [-0.25, -0.2) is 4.79 Å². The van der Waals surface area contributed by atoms with Crippen molar-refractivity contribution in [2.24, 2.45) is 11.3 Å². The van der Waals surface area contributed by atoms with Gasteiger partial charge in [0.1, 0.15) is 12.7 Å². The van der Waals surface area contributed by atoms with Crippen molar-refractivity contribution in [2.45, 2.75) is 98.3 Å². The average Bonchev–Trinajstić information content (AvgIpc) is 3.04. The van der Waals surface area contributed by atoms with Gasteiger partial charge in [-0.05, 0) is 38.0 Å². The van der Waals surface area contributed by atoms with Crippen molar-refractivity contribution >= 4 is 6.16 Å². The molecule has 1 aliphatic carbocycles. The summed E-state index contributed by atoms with van der Waals surface area (Å²) in [6, 6.07) is 0.334. The number of nitrogens with one attached hydrogen (secondary N) is 2. The van der Waals surface area contributed by atoms with E-state index in [-0.39, 0.29) is 23.6 Å². The van der Waals surface area contributed by atoms with Crippen LogP contribution in [0.25, 0.3) is 0 Å².